The Morgan fingerprint density at radius 2 is 2.16 bits per heavy atom. The van der Waals surface area contributed by atoms with Gasteiger partial charge in [0, 0.05) is 34.3 Å². The summed E-state index contributed by atoms with van der Waals surface area (Å²) >= 11 is 5.16. The summed E-state index contributed by atoms with van der Waals surface area (Å²) in [6.07, 6.45) is 5.18. The van der Waals surface area contributed by atoms with Crippen LogP contribution in [-0.2, 0) is 6.54 Å². The number of aromatic nitrogens is 2. The molecule has 5 heteroatoms. The third kappa shape index (κ3) is 4.60. The molecule has 1 aromatic carbocycles. The quantitative estimate of drug-likeness (QED) is 0.898. The highest BCUT2D eigenvalue weighted by atomic mass is 79.9. The first-order valence-electron chi connectivity index (χ1n) is 6.11. The van der Waals surface area contributed by atoms with Gasteiger partial charge in [-0.15, -0.1) is 0 Å². The first-order valence-corrected chi connectivity index (χ1v) is 7.72. The minimum atomic E-state index is 0.470. The van der Waals surface area contributed by atoms with Gasteiger partial charge in [-0.3, -0.25) is 4.98 Å². The maximum absolute atomic E-state index is 4.30. The molecule has 1 aromatic heterocycles. The monoisotopic (exact) mass is 337 g/mol. The van der Waals surface area contributed by atoms with Crippen LogP contribution in [0.2, 0.25) is 0 Å². The maximum atomic E-state index is 4.30. The molecule has 0 spiro atoms. The largest absolute Gasteiger partial charge is 0.310 e. The van der Waals surface area contributed by atoms with Crippen LogP contribution in [0.15, 0.2) is 51.2 Å². The van der Waals surface area contributed by atoms with E-state index in [1.165, 1.54) is 10.5 Å². The molecule has 3 nitrogen and oxygen atoms in total. The van der Waals surface area contributed by atoms with Crippen molar-refractivity contribution in [3.05, 3.63) is 46.8 Å². The summed E-state index contributed by atoms with van der Waals surface area (Å²) in [5.74, 6) is 0. The molecule has 0 saturated heterocycles. The van der Waals surface area contributed by atoms with E-state index >= 15 is 0 Å². The third-order valence-corrected chi connectivity index (χ3v) is 4.00. The van der Waals surface area contributed by atoms with Crippen molar-refractivity contribution >= 4 is 27.7 Å². The van der Waals surface area contributed by atoms with Gasteiger partial charge in [-0.25, -0.2) is 4.98 Å². The summed E-state index contributed by atoms with van der Waals surface area (Å²) in [6.45, 7) is 5.15. The van der Waals surface area contributed by atoms with Gasteiger partial charge in [0.1, 0.15) is 5.03 Å². The first-order chi connectivity index (χ1) is 9.15. The molecular weight excluding hydrogens is 322 g/mol. The molecular formula is C14H16BrN3S. The van der Waals surface area contributed by atoms with Gasteiger partial charge in [0.2, 0.25) is 0 Å². The van der Waals surface area contributed by atoms with Crippen molar-refractivity contribution in [3.8, 4) is 0 Å². The number of benzene rings is 1. The summed E-state index contributed by atoms with van der Waals surface area (Å²) in [6, 6.07) is 6.80. The normalized spacial score (nSPS) is 10.9. The Hall–Kier alpha value is -0.910. The summed E-state index contributed by atoms with van der Waals surface area (Å²) in [4.78, 5) is 9.60. The molecule has 0 amide bonds. The molecule has 0 radical (unpaired) electrons. The highest BCUT2D eigenvalue weighted by Crippen LogP contribution is 2.31. The Morgan fingerprint density at radius 1 is 1.32 bits per heavy atom. The first kappa shape index (κ1) is 14.5. The maximum Gasteiger partial charge on any atom is 0.119 e. The minimum absolute atomic E-state index is 0.470. The van der Waals surface area contributed by atoms with E-state index in [4.69, 9.17) is 0 Å². The predicted molar refractivity (Wildman–Crippen MR) is 82.3 cm³/mol. The van der Waals surface area contributed by atoms with E-state index in [9.17, 15) is 0 Å². The molecule has 0 aliphatic heterocycles. The molecule has 2 rings (SSSR count). The predicted octanol–water partition coefficient (Wildman–Crippen LogP) is 3.89. The van der Waals surface area contributed by atoms with E-state index in [1.807, 2.05) is 0 Å². The average molecular weight is 338 g/mol. The second-order valence-electron chi connectivity index (χ2n) is 4.43. The Kier molecular flexibility index (Phi) is 5.36. The molecule has 2 aromatic rings. The highest BCUT2D eigenvalue weighted by Gasteiger charge is 2.07. The number of hydrogen-bond acceptors (Lipinski definition) is 4. The zero-order valence-corrected chi connectivity index (χ0v) is 13.3. The van der Waals surface area contributed by atoms with E-state index in [2.05, 4.69) is 63.3 Å². The van der Waals surface area contributed by atoms with Crippen molar-refractivity contribution < 1.29 is 0 Å². The molecule has 0 atom stereocenters. The van der Waals surface area contributed by atoms with Crippen molar-refractivity contribution in [1.29, 1.82) is 0 Å². The lowest BCUT2D eigenvalue weighted by molar-refractivity contribution is 0.584. The zero-order chi connectivity index (χ0) is 13.7. The van der Waals surface area contributed by atoms with E-state index < -0.39 is 0 Å². The fourth-order valence-electron chi connectivity index (χ4n) is 1.53. The van der Waals surface area contributed by atoms with Crippen LogP contribution in [0.25, 0.3) is 0 Å². The smallest absolute Gasteiger partial charge is 0.119 e. The molecule has 0 fully saturated rings. The van der Waals surface area contributed by atoms with Crippen molar-refractivity contribution in [2.24, 2.45) is 0 Å². The summed E-state index contributed by atoms with van der Waals surface area (Å²) in [5, 5.41) is 4.35. The molecule has 19 heavy (non-hydrogen) atoms. The van der Waals surface area contributed by atoms with Crippen molar-refractivity contribution in [3.63, 3.8) is 0 Å². The van der Waals surface area contributed by atoms with Crippen molar-refractivity contribution in [1.82, 2.24) is 15.3 Å². The van der Waals surface area contributed by atoms with E-state index in [1.54, 1.807) is 30.4 Å². The molecule has 0 aliphatic carbocycles. The van der Waals surface area contributed by atoms with Crippen LogP contribution in [0, 0.1) is 0 Å². The second kappa shape index (κ2) is 7.03. The van der Waals surface area contributed by atoms with Gasteiger partial charge in [0.25, 0.3) is 0 Å². The van der Waals surface area contributed by atoms with Gasteiger partial charge in [-0.05, 0) is 17.7 Å². The van der Waals surface area contributed by atoms with Crippen LogP contribution in [-0.4, -0.2) is 16.0 Å². The zero-order valence-electron chi connectivity index (χ0n) is 10.9. The highest BCUT2D eigenvalue weighted by molar-refractivity contribution is 9.10. The van der Waals surface area contributed by atoms with Crippen LogP contribution in [0.3, 0.4) is 0 Å². The van der Waals surface area contributed by atoms with Crippen LogP contribution in [0.5, 0.6) is 0 Å². The lowest BCUT2D eigenvalue weighted by atomic mass is 10.2. The fourth-order valence-corrected chi connectivity index (χ4v) is 2.96. The summed E-state index contributed by atoms with van der Waals surface area (Å²) in [7, 11) is 0. The van der Waals surface area contributed by atoms with Gasteiger partial charge in [0.15, 0.2) is 0 Å². The Labute approximate surface area is 126 Å². The van der Waals surface area contributed by atoms with E-state index in [0.717, 1.165) is 16.0 Å². The topological polar surface area (TPSA) is 37.8 Å². The van der Waals surface area contributed by atoms with Gasteiger partial charge >= 0.3 is 0 Å². The fraction of sp³-hybridized carbons (Fsp3) is 0.286. The van der Waals surface area contributed by atoms with Gasteiger partial charge in [-0.2, -0.15) is 0 Å². The van der Waals surface area contributed by atoms with Crippen LogP contribution >= 0.6 is 27.7 Å². The number of halogens is 1. The molecule has 100 valence electrons. The average Bonchev–Trinajstić information content (AvgIpc) is 2.39. The second-order valence-corrected chi connectivity index (χ2v) is 6.41. The van der Waals surface area contributed by atoms with E-state index in [0.29, 0.717) is 6.04 Å². The number of nitrogens with one attached hydrogen (secondary N) is 1. The molecule has 0 aliphatic rings. The molecule has 1 heterocycles. The molecule has 0 saturated carbocycles. The summed E-state index contributed by atoms with van der Waals surface area (Å²) in [5.41, 5.74) is 1.27. The van der Waals surface area contributed by atoms with Crippen LogP contribution in [0.1, 0.15) is 19.4 Å². The Morgan fingerprint density at radius 3 is 2.84 bits per heavy atom. The number of rotatable bonds is 5. The third-order valence-electron chi connectivity index (χ3n) is 2.48. The summed E-state index contributed by atoms with van der Waals surface area (Å²) < 4.78 is 1.08. The standard InChI is InChI=1S/C14H16BrN3S/c1-10(2)18-8-11-3-4-12(15)7-13(11)19-14-9-16-5-6-17-14/h3-7,9-10,18H,8H2,1-2H3. The SMILES string of the molecule is CC(C)NCc1ccc(Br)cc1Sc1cnccn1. The van der Waals surface area contributed by atoms with Crippen molar-refractivity contribution in [2.75, 3.05) is 0 Å². The Bertz CT molecular complexity index is 531. The molecule has 0 bridgehead atoms. The lowest BCUT2D eigenvalue weighted by Gasteiger charge is -2.12. The lowest BCUT2D eigenvalue weighted by Crippen LogP contribution is -2.22. The van der Waals surface area contributed by atoms with Crippen molar-refractivity contribution in [2.45, 2.75) is 36.4 Å². The van der Waals surface area contributed by atoms with E-state index in [-0.39, 0.29) is 0 Å². The minimum Gasteiger partial charge on any atom is -0.310 e. The molecule has 0 unspecified atom stereocenters. The Balaban J connectivity index is 2.19. The van der Waals surface area contributed by atoms with Gasteiger partial charge < -0.3 is 5.32 Å². The van der Waals surface area contributed by atoms with Gasteiger partial charge in [-0.1, -0.05) is 47.6 Å². The molecule has 1 N–H and O–H groups in total. The number of nitrogens with zero attached hydrogens (tertiary/aromatic N) is 2. The number of hydrogen-bond donors (Lipinski definition) is 1. The van der Waals surface area contributed by atoms with Crippen LogP contribution in [0.4, 0.5) is 0 Å². The van der Waals surface area contributed by atoms with Gasteiger partial charge in [0.05, 0.1) is 6.20 Å². The van der Waals surface area contributed by atoms with Crippen LogP contribution < -0.4 is 5.32 Å².